The number of hydrogen-bond donors (Lipinski definition) is 1. The number of likely N-dealkylation sites (tertiary alicyclic amines) is 1. The number of piperidine rings is 1. The highest BCUT2D eigenvalue weighted by Crippen LogP contribution is 2.49. The number of nitrogens with two attached hydrogens (primary N) is 1. The Labute approximate surface area is 127 Å². The van der Waals surface area contributed by atoms with Crippen molar-refractivity contribution in [1.29, 1.82) is 0 Å². The van der Waals surface area contributed by atoms with Gasteiger partial charge in [-0.2, -0.15) is 0 Å². The fraction of sp³-hybridized carbons (Fsp3) is 0.647. The van der Waals surface area contributed by atoms with Gasteiger partial charge in [0, 0.05) is 25.0 Å². The van der Waals surface area contributed by atoms with E-state index in [0.29, 0.717) is 12.6 Å². The van der Waals surface area contributed by atoms with Crippen molar-refractivity contribution in [3.05, 3.63) is 23.8 Å². The standard InChI is InChI=1S/C17H26N2O2/c1-19-9-5-14(6-10-19)21-16-11-13(3-4-15(16)20-2)17(12-18)7-8-17/h3-4,11,14H,5-10,12,18H2,1-2H3. The molecule has 116 valence electrons. The lowest BCUT2D eigenvalue weighted by molar-refractivity contribution is 0.111. The molecule has 1 aliphatic heterocycles. The molecule has 2 fully saturated rings. The predicted octanol–water partition coefficient (Wildman–Crippen LogP) is 2.16. The van der Waals surface area contributed by atoms with Crippen LogP contribution >= 0.6 is 0 Å². The molecular formula is C17H26N2O2. The van der Waals surface area contributed by atoms with E-state index in [4.69, 9.17) is 15.2 Å². The van der Waals surface area contributed by atoms with Crippen molar-refractivity contribution >= 4 is 0 Å². The number of rotatable bonds is 5. The van der Waals surface area contributed by atoms with Gasteiger partial charge < -0.3 is 20.1 Å². The number of benzene rings is 1. The molecule has 2 N–H and O–H groups in total. The predicted molar refractivity (Wildman–Crippen MR) is 84.1 cm³/mol. The van der Waals surface area contributed by atoms with Gasteiger partial charge in [-0.3, -0.25) is 0 Å². The summed E-state index contributed by atoms with van der Waals surface area (Å²) >= 11 is 0. The van der Waals surface area contributed by atoms with E-state index < -0.39 is 0 Å². The van der Waals surface area contributed by atoms with Crippen molar-refractivity contribution in [3.8, 4) is 11.5 Å². The topological polar surface area (TPSA) is 47.7 Å². The van der Waals surface area contributed by atoms with Crippen LogP contribution in [0.1, 0.15) is 31.2 Å². The first-order valence-corrected chi connectivity index (χ1v) is 7.91. The molecule has 1 aromatic rings. The van der Waals surface area contributed by atoms with Crippen LogP contribution in [0.25, 0.3) is 0 Å². The number of nitrogens with zero attached hydrogens (tertiary/aromatic N) is 1. The lowest BCUT2D eigenvalue weighted by atomic mass is 9.96. The molecule has 2 aliphatic rings. The Bertz CT molecular complexity index is 492. The van der Waals surface area contributed by atoms with Gasteiger partial charge in [0.25, 0.3) is 0 Å². The third kappa shape index (κ3) is 3.01. The average Bonchev–Trinajstić information content (AvgIpc) is 3.31. The van der Waals surface area contributed by atoms with Crippen LogP contribution in [-0.4, -0.2) is 44.8 Å². The summed E-state index contributed by atoms with van der Waals surface area (Å²) in [5.41, 5.74) is 7.43. The van der Waals surface area contributed by atoms with Gasteiger partial charge in [-0.05, 0) is 50.4 Å². The Morgan fingerprint density at radius 1 is 1.24 bits per heavy atom. The quantitative estimate of drug-likeness (QED) is 0.903. The van der Waals surface area contributed by atoms with E-state index in [1.54, 1.807) is 7.11 Å². The van der Waals surface area contributed by atoms with E-state index in [-0.39, 0.29) is 5.41 Å². The molecule has 0 unspecified atom stereocenters. The van der Waals surface area contributed by atoms with Crippen LogP contribution in [0.3, 0.4) is 0 Å². The summed E-state index contributed by atoms with van der Waals surface area (Å²) in [5, 5.41) is 0. The first-order valence-electron chi connectivity index (χ1n) is 7.91. The normalized spacial score (nSPS) is 22.0. The maximum Gasteiger partial charge on any atom is 0.161 e. The number of methoxy groups -OCH3 is 1. The fourth-order valence-corrected chi connectivity index (χ4v) is 3.14. The zero-order chi connectivity index (χ0) is 14.9. The van der Waals surface area contributed by atoms with E-state index >= 15 is 0 Å². The molecule has 0 radical (unpaired) electrons. The van der Waals surface area contributed by atoms with Crippen LogP contribution in [0, 0.1) is 0 Å². The molecule has 0 atom stereocenters. The van der Waals surface area contributed by atoms with Gasteiger partial charge in [0.2, 0.25) is 0 Å². The van der Waals surface area contributed by atoms with Crippen LogP contribution in [-0.2, 0) is 5.41 Å². The summed E-state index contributed by atoms with van der Waals surface area (Å²) in [4.78, 5) is 2.35. The Hall–Kier alpha value is -1.26. The van der Waals surface area contributed by atoms with Crippen molar-refractivity contribution in [2.45, 2.75) is 37.2 Å². The molecular weight excluding hydrogens is 264 g/mol. The fourth-order valence-electron chi connectivity index (χ4n) is 3.14. The monoisotopic (exact) mass is 290 g/mol. The molecule has 1 heterocycles. The Balaban J connectivity index is 1.77. The van der Waals surface area contributed by atoms with E-state index in [1.807, 2.05) is 6.07 Å². The molecule has 0 aromatic heterocycles. The minimum absolute atomic E-state index is 0.192. The molecule has 0 spiro atoms. The van der Waals surface area contributed by atoms with Gasteiger partial charge in [0.1, 0.15) is 6.10 Å². The zero-order valence-corrected chi connectivity index (χ0v) is 13.1. The van der Waals surface area contributed by atoms with Gasteiger partial charge in [0.15, 0.2) is 11.5 Å². The largest absolute Gasteiger partial charge is 0.493 e. The molecule has 4 heteroatoms. The van der Waals surface area contributed by atoms with Crippen molar-refractivity contribution in [2.75, 3.05) is 33.8 Å². The molecule has 3 rings (SSSR count). The van der Waals surface area contributed by atoms with Gasteiger partial charge in [-0.15, -0.1) is 0 Å². The van der Waals surface area contributed by atoms with Crippen molar-refractivity contribution in [1.82, 2.24) is 4.90 Å². The first kappa shape index (κ1) is 14.7. The second-order valence-corrected chi connectivity index (χ2v) is 6.47. The maximum absolute atomic E-state index is 6.24. The summed E-state index contributed by atoms with van der Waals surface area (Å²) in [5.74, 6) is 1.70. The highest BCUT2D eigenvalue weighted by Gasteiger charge is 2.43. The van der Waals surface area contributed by atoms with Gasteiger partial charge in [-0.1, -0.05) is 6.07 Å². The Kier molecular flexibility index (Phi) is 4.09. The van der Waals surface area contributed by atoms with Crippen molar-refractivity contribution < 1.29 is 9.47 Å². The van der Waals surface area contributed by atoms with Gasteiger partial charge in [0.05, 0.1) is 7.11 Å². The first-order chi connectivity index (χ1) is 10.2. The minimum Gasteiger partial charge on any atom is -0.493 e. The van der Waals surface area contributed by atoms with Crippen molar-refractivity contribution in [3.63, 3.8) is 0 Å². The second-order valence-electron chi connectivity index (χ2n) is 6.47. The van der Waals surface area contributed by atoms with Crippen LogP contribution in [0.4, 0.5) is 0 Å². The zero-order valence-electron chi connectivity index (χ0n) is 13.1. The molecule has 21 heavy (non-hydrogen) atoms. The Morgan fingerprint density at radius 2 is 1.95 bits per heavy atom. The summed E-state index contributed by atoms with van der Waals surface area (Å²) in [6.45, 7) is 2.91. The number of ether oxygens (including phenoxy) is 2. The molecule has 1 aliphatic carbocycles. The maximum atomic E-state index is 6.24. The smallest absolute Gasteiger partial charge is 0.161 e. The summed E-state index contributed by atoms with van der Waals surface area (Å²) in [6.07, 6.45) is 4.81. The lowest BCUT2D eigenvalue weighted by Crippen LogP contribution is -2.35. The van der Waals surface area contributed by atoms with Gasteiger partial charge >= 0.3 is 0 Å². The molecule has 0 amide bonds. The van der Waals surface area contributed by atoms with E-state index in [2.05, 4.69) is 24.1 Å². The highest BCUT2D eigenvalue weighted by molar-refractivity contribution is 5.47. The Morgan fingerprint density at radius 3 is 2.52 bits per heavy atom. The van der Waals surface area contributed by atoms with Crippen LogP contribution in [0.15, 0.2) is 18.2 Å². The molecule has 1 saturated heterocycles. The summed E-state index contributed by atoms with van der Waals surface area (Å²) < 4.78 is 11.7. The molecule has 1 saturated carbocycles. The van der Waals surface area contributed by atoms with E-state index in [0.717, 1.165) is 37.4 Å². The van der Waals surface area contributed by atoms with Crippen LogP contribution < -0.4 is 15.2 Å². The molecule has 1 aromatic carbocycles. The van der Waals surface area contributed by atoms with Crippen molar-refractivity contribution in [2.24, 2.45) is 5.73 Å². The minimum atomic E-state index is 0.192. The molecule has 4 nitrogen and oxygen atoms in total. The number of hydrogen-bond acceptors (Lipinski definition) is 4. The summed E-state index contributed by atoms with van der Waals surface area (Å²) in [7, 11) is 3.86. The van der Waals surface area contributed by atoms with Gasteiger partial charge in [-0.25, -0.2) is 0 Å². The van der Waals surface area contributed by atoms with Crippen LogP contribution in [0.2, 0.25) is 0 Å². The molecule has 0 bridgehead atoms. The van der Waals surface area contributed by atoms with E-state index in [9.17, 15) is 0 Å². The third-order valence-electron chi connectivity index (χ3n) is 4.98. The lowest BCUT2D eigenvalue weighted by Gasteiger charge is -2.30. The third-order valence-corrected chi connectivity index (χ3v) is 4.98. The second kappa shape index (κ2) is 5.85. The van der Waals surface area contributed by atoms with Crippen LogP contribution in [0.5, 0.6) is 11.5 Å². The summed E-state index contributed by atoms with van der Waals surface area (Å²) in [6, 6.07) is 6.31. The SMILES string of the molecule is COc1ccc(C2(CN)CC2)cc1OC1CCN(C)CC1. The average molecular weight is 290 g/mol. The highest BCUT2D eigenvalue weighted by atomic mass is 16.5. The van der Waals surface area contributed by atoms with E-state index in [1.165, 1.54) is 18.4 Å².